The molecule has 0 unspecified atom stereocenters. The third kappa shape index (κ3) is 3.48. The quantitative estimate of drug-likeness (QED) is 0.170. The molecule has 0 aliphatic heterocycles. The molecule has 12 heteroatoms. The molecule has 3 aliphatic carbocycles. The zero-order valence-electron chi connectivity index (χ0n) is 21.0. The van der Waals surface area contributed by atoms with E-state index in [2.05, 4.69) is 4.74 Å². The number of likely N-dealkylation sites (N-methyl/N-ethyl adjacent to an activating group) is 1. The molecule has 0 spiro atoms. The average molecular weight is 529 g/mol. The van der Waals surface area contributed by atoms with Crippen LogP contribution in [0.1, 0.15) is 29.5 Å². The zero-order valence-corrected chi connectivity index (χ0v) is 21.0. The summed E-state index contributed by atoms with van der Waals surface area (Å²) in [5.74, 6) is -10.4. The number of fused-ring (bicyclic) bond motifs is 3. The monoisotopic (exact) mass is 528 g/mol. The van der Waals surface area contributed by atoms with E-state index in [0.717, 1.165) is 6.08 Å². The molecule has 1 saturated carbocycles. The molecular formula is C26H28N2O10. The molecule has 1 amide bonds. The van der Waals surface area contributed by atoms with E-state index in [0.29, 0.717) is 5.56 Å². The fourth-order valence-electron chi connectivity index (χ4n) is 5.99. The molecule has 6 atom stereocenters. The second kappa shape index (κ2) is 9.08. The predicted molar refractivity (Wildman–Crippen MR) is 131 cm³/mol. The number of aliphatic hydroxyl groups excluding tert-OH is 3. The largest absolute Gasteiger partial charge is 0.508 e. The topological polar surface area (TPSA) is 208 Å². The van der Waals surface area contributed by atoms with Crippen molar-refractivity contribution >= 4 is 35.3 Å². The van der Waals surface area contributed by atoms with E-state index in [-0.39, 0.29) is 11.1 Å². The number of ether oxygens (including phenoxy) is 1. The third-order valence-corrected chi connectivity index (χ3v) is 7.76. The van der Waals surface area contributed by atoms with Gasteiger partial charge in [-0.25, -0.2) is 4.79 Å². The summed E-state index contributed by atoms with van der Waals surface area (Å²) in [5.41, 5.74) is 1.11. The molecule has 0 bridgehead atoms. The number of aromatic hydroxyl groups is 1. The number of carbonyl (C=O) groups is 4. The number of methoxy groups -OCH3 is 1. The van der Waals surface area contributed by atoms with E-state index in [4.69, 9.17) is 5.73 Å². The summed E-state index contributed by atoms with van der Waals surface area (Å²) >= 11 is 0. The fraction of sp³-hybridized carbons (Fsp3) is 0.385. The number of hydrogen-bond donors (Lipinski definition) is 6. The highest BCUT2D eigenvalue weighted by Gasteiger charge is 2.68. The minimum atomic E-state index is -2.98. The maximum Gasteiger partial charge on any atom is 0.330 e. The van der Waals surface area contributed by atoms with Crippen LogP contribution in [-0.4, -0.2) is 92.8 Å². The Bertz CT molecular complexity index is 1370. The molecule has 38 heavy (non-hydrogen) atoms. The van der Waals surface area contributed by atoms with Crippen LogP contribution in [-0.2, 0) is 23.9 Å². The number of hydrogen-bond acceptors (Lipinski definition) is 11. The minimum Gasteiger partial charge on any atom is -0.508 e. The first kappa shape index (κ1) is 27.0. The van der Waals surface area contributed by atoms with Crippen molar-refractivity contribution in [2.45, 2.75) is 30.6 Å². The van der Waals surface area contributed by atoms with Crippen LogP contribution in [0, 0.1) is 11.8 Å². The second-order valence-corrected chi connectivity index (χ2v) is 9.87. The van der Waals surface area contributed by atoms with Gasteiger partial charge in [0, 0.05) is 23.1 Å². The van der Waals surface area contributed by atoms with Gasteiger partial charge in [0.25, 0.3) is 5.91 Å². The number of ketones is 2. The minimum absolute atomic E-state index is 0.0991. The van der Waals surface area contributed by atoms with Crippen molar-refractivity contribution in [1.29, 1.82) is 0 Å². The highest BCUT2D eigenvalue weighted by atomic mass is 16.5. The summed E-state index contributed by atoms with van der Waals surface area (Å²) in [6.07, 6.45) is 0.601. The maximum atomic E-state index is 13.9. The number of benzene rings is 1. The number of primary amides is 1. The van der Waals surface area contributed by atoms with E-state index in [1.165, 1.54) is 38.2 Å². The highest BCUT2D eigenvalue weighted by Crippen LogP contribution is 2.56. The Morgan fingerprint density at radius 3 is 2.34 bits per heavy atom. The zero-order chi connectivity index (χ0) is 28.4. The van der Waals surface area contributed by atoms with Gasteiger partial charge in [0.1, 0.15) is 22.8 Å². The van der Waals surface area contributed by atoms with Crippen molar-refractivity contribution < 1.29 is 49.4 Å². The van der Waals surface area contributed by atoms with Crippen LogP contribution >= 0.6 is 0 Å². The molecule has 202 valence electrons. The first-order valence-electron chi connectivity index (χ1n) is 11.7. The van der Waals surface area contributed by atoms with Gasteiger partial charge in [0.2, 0.25) is 5.78 Å². The van der Waals surface area contributed by atoms with Gasteiger partial charge >= 0.3 is 5.97 Å². The number of phenolic OH excluding ortho intramolecular Hbond substituents is 1. The fourth-order valence-corrected chi connectivity index (χ4v) is 5.99. The predicted octanol–water partition coefficient (Wildman–Crippen LogP) is -0.318. The van der Waals surface area contributed by atoms with Gasteiger partial charge in [-0.3, -0.25) is 19.3 Å². The highest BCUT2D eigenvalue weighted by molar-refractivity contribution is 6.24. The summed E-state index contributed by atoms with van der Waals surface area (Å²) in [7, 11) is 4.04. The molecule has 0 saturated heterocycles. The van der Waals surface area contributed by atoms with E-state index >= 15 is 0 Å². The van der Waals surface area contributed by atoms with Gasteiger partial charge in [-0.2, -0.15) is 0 Å². The SMILES string of the molecule is COC(=O)/C=C/c1ccc2c(c1O)C(O)=C1C(=O)[C@]3(O)C(O)=C(C(N)=O)C(=O)[C@@H](N(C)C)[C@@H]3[C@@H](O)[C@@H]1[C@H]2C. The normalized spacial score (nSPS) is 30.9. The first-order chi connectivity index (χ1) is 17.7. The van der Waals surface area contributed by atoms with E-state index in [9.17, 15) is 44.7 Å². The van der Waals surface area contributed by atoms with Gasteiger partial charge in [-0.05, 0) is 31.7 Å². The Hall–Kier alpha value is -4.00. The number of rotatable bonds is 4. The molecule has 3 aliphatic rings. The number of phenols is 1. The van der Waals surface area contributed by atoms with Crippen LogP contribution < -0.4 is 5.73 Å². The summed E-state index contributed by atoms with van der Waals surface area (Å²) in [6.45, 7) is 1.63. The molecule has 1 aromatic carbocycles. The summed E-state index contributed by atoms with van der Waals surface area (Å²) in [5, 5.41) is 56.4. The van der Waals surface area contributed by atoms with Gasteiger partial charge in [0.15, 0.2) is 11.4 Å². The lowest BCUT2D eigenvalue weighted by atomic mass is 9.54. The standard InChI is InChI=1S/C26H28N2O10/c1-9-11-7-5-10(6-8-12(29)38-4)19(30)14(11)20(31)15-13(9)21(32)17-18(28(2)3)22(33)16(25(27)36)24(35)26(17,37)23(15)34/h5-9,13,17-18,21,30-32,35,37H,1-4H3,(H2,27,36)/b8-6+/t9-,13+,17+,18-,21-,26-/m0/s1. The molecule has 12 nitrogen and oxygen atoms in total. The van der Waals surface area contributed by atoms with Gasteiger partial charge in [-0.15, -0.1) is 0 Å². The Balaban J connectivity index is 2.00. The molecule has 0 radical (unpaired) electrons. The lowest BCUT2D eigenvalue weighted by Crippen LogP contribution is -2.70. The summed E-state index contributed by atoms with van der Waals surface area (Å²) < 4.78 is 4.53. The van der Waals surface area contributed by atoms with E-state index < -0.39 is 87.4 Å². The number of Topliss-reactive ketones (excluding diaryl/α,β-unsaturated/α-hetero) is 2. The number of carbonyl (C=O) groups excluding carboxylic acids is 4. The lowest BCUT2D eigenvalue weighted by molar-refractivity contribution is -0.169. The van der Waals surface area contributed by atoms with Gasteiger partial charge < -0.3 is 36.0 Å². The van der Waals surface area contributed by atoms with Crippen molar-refractivity contribution in [3.05, 3.63) is 51.8 Å². The van der Waals surface area contributed by atoms with Crippen molar-refractivity contribution in [2.75, 3.05) is 21.2 Å². The van der Waals surface area contributed by atoms with Crippen molar-refractivity contribution in [1.82, 2.24) is 4.90 Å². The molecule has 7 N–H and O–H groups in total. The molecular weight excluding hydrogens is 500 g/mol. The molecule has 0 heterocycles. The number of nitrogens with zero attached hydrogens (tertiary/aromatic N) is 1. The van der Waals surface area contributed by atoms with Crippen molar-refractivity contribution in [2.24, 2.45) is 17.6 Å². The van der Waals surface area contributed by atoms with E-state index in [1.807, 2.05) is 0 Å². The van der Waals surface area contributed by atoms with Crippen LogP contribution in [0.3, 0.4) is 0 Å². The smallest absolute Gasteiger partial charge is 0.330 e. The lowest BCUT2D eigenvalue weighted by Gasteiger charge is -2.53. The maximum absolute atomic E-state index is 13.9. The van der Waals surface area contributed by atoms with Gasteiger partial charge in [-0.1, -0.05) is 19.1 Å². The Morgan fingerprint density at radius 1 is 1.16 bits per heavy atom. The van der Waals surface area contributed by atoms with Crippen molar-refractivity contribution in [3.63, 3.8) is 0 Å². The summed E-state index contributed by atoms with van der Waals surface area (Å²) in [4.78, 5) is 51.9. The van der Waals surface area contributed by atoms with Crippen LogP contribution in [0.5, 0.6) is 5.75 Å². The number of esters is 1. The number of nitrogens with two attached hydrogens (primary N) is 1. The molecule has 4 rings (SSSR count). The van der Waals surface area contributed by atoms with Crippen LogP contribution in [0.4, 0.5) is 0 Å². The molecule has 1 aromatic rings. The van der Waals surface area contributed by atoms with E-state index in [1.54, 1.807) is 13.0 Å². The Morgan fingerprint density at radius 2 is 1.79 bits per heavy atom. The third-order valence-electron chi connectivity index (χ3n) is 7.76. The summed E-state index contributed by atoms with van der Waals surface area (Å²) in [6, 6.07) is 1.59. The second-order valence-electron chi connectivity index (χ2n) is 9.87. The first-order valence-corrected chi connectivity index (χ1v) is 11.7. The van der Waals surface area contributed by atoms with Gasteiger partial charge in [0.05, 0.1) is 30.7 Å². The van der Waals surface area contributed by atoms with Crippen LogP contribution in [0.2, 0.25) is 0 Å². The Kier molecular flexibility index (Phi) is 6.46. The molecule has 0 aromatic heterocycles. The average Bonchev–Trinajstić information content (AvgIpc) is 2.84. The van der Waals surface area contributed by atoms with Crippen molar-refractivity contribution in [3.8, 4) is 5.75 Å². The number of aliphatic hydroxyl groups is 4. The number of amides is 1. The van der Waals surface area contributed by atoms with Crippen LogP contribution in [0.25, 0.3) is 11.8 Å². The Labute approximate surface area is 216 Å². The molecule has 1 fully saturated rings. The van der Waals surface area contributed by atoms with Crippen LogP contribution in [0.15, 0.2) is 35.1 Å².